The number of benzene rings is 2. The molecule has 0 N–H and O–H groups in total. The number of furan rings is 1. The van der Waals surface area contributed by atoms with Gasteiger partial charge in [0.1, 0.15) is 10.4 Å². The van der Waals surface area contributed by atoms with Crippen LogP contribution in [-0.4, -0.2) is 9.97 Å². The van der Waals surface area contributed by atoms with Gasteiger partial charge in [0.05, 0.1) is 5.69 Å². The Morgan fingerprint density at radius 1 is 0.793 bits per heavy atom. The highest BCUT2D eigenvalue weighted by Crippen LogP contribution is 2.37. The Balaban J connectivity index is 1.54. The average molecular weight is 392 g/mol. The number of aromatic nitrogens is 2. The van der Waals surface area contributed by atoms with Crippen LogP contribution in [0.4, 0.5) is 0 Å². The first-order chi connectivity index (χ1) is 14.3. The van der Waals surface area contributed by atoms with Gasteiger partial charge in [-0.2, -0.15) is 0 Å². The summed E-state index contributed by atoms with van der Waals surface area (Å²) in [6.45, 7) is 1.98. The Bertz CT molecular complexity index is 1510. The van der Waals surface area contributed by atoms with Gasteiger partial charge in [-0.15, -0.1) is 11.3 Å². The lowest BCUT2D eigenvalue weighted by Gasteiger charge is -2.02. The molecule has 0 saturated carbocycles. The van der Waals surface area contributed by atoms with Crippen LogP contribution >= 0.6 is 11.3 Å². The molecule has 0 atom stereocenters. The summed E-state index contributed by atoms with van der Waals surface area (Å²) >= 11 is 1.72. The van der Waals surface area contributed by atoms with E-state index < -0.39 is 0 Å². The van der Waals surface area contributed by atoms with Crippen molar-refractivity contribution in [1.29, 1.82) is 0 Å². The van der Waals surface area contributed by atoms with Gasteiger partial charge in [0.15, 0.2) is 0 Å². The first-order valence-electron chi connectivity index (χ1n) is 9.51. The van der Waals surface area contributed by atoms with Crippen molar-refractivity contribution in [1.82, 2.24) is 9.97 Å². The summed E-state index contributed by atoms with van der Waals surface area (Å²) in [6, 6.07) is 27.2. The van der Waals surface area contributed by atoms with Gasteiger partial charge < -0.3 is 4.42 Å². The van der Waals surface area contributed by atoms with Gasteiger partial charge in [-0.1, -0.05) is 42.5 Å². The van der Waals surface area contributed by atoms with Crippen molar-refractivity contribution in [2.24, 2.45) is 0 Å². The molecule has 0 radical (unpaired) electrons. The average Bonchev–Trinajstić information content (AvgIpc) is 3.34. The zero-order chi connectivity index (χ0) is 19.4. The molecule has 2 aromatic carbocycles. The van der Waals surface area contributed by atoms with Crippen LogP contribution in [0.5, 0.6) is 0 Å². The maximum Gasteiger partial charge on any atom is 0.227 e. The molecule has 0 aliphatic heterocycles. The van der Waals surface area contributed by atoms with E-state index in [2.05, 4.69) is 71.7 Å². The standard InChI is InChI=1S/C25H16N2OS/c1-15-10-12-19-18-8-5-9-20(23(18)28-24(19)26-15)21-13-11-17-14-22(29-25(17)27-21)16-6-3-2-4-7-16/h2-14H,1H3. The molecule has 138 valence electrons. The van der Waals surface area contributed by atoms with Crippen molar-refractivity contribution in [3.8, 4) is 21.7 Å². The summed E-state index contributed by atoms with van der Waals surface area (Å²) in [5.41, 5.74) is 5.60. The first-order valence-corrected chi connectivity index (χ1v) is 10.3. The van der Waals surface area contributed by atoms with Crippen LogP contribution in [0.25, 0.3) is 54.0 Å². The molecule has 0 aliphatic rings. The Morgan fingerprint density at radius 2 is 1.69 bits per heavy atom. The monoisotopic (exact) mass is 392 g/mol. The smallest absolute Gasteiger partial charge is 0.227 e. The van der Waals surface area contributed by atoms with Gasteiger partial charge in [-0.05, 0) is 48.9 Å². The van der Waals surface area contributed by atoms with E-state index in [1.165, 1.54) is 10.4 Å². The fraction of sp³-hybridized carbons (Fsp3) is 0.0400. The number of hydrogen-bond acceptors (Lipinski definition) is 4. The largest absolute Gasteiger partial charge is 0.437 e. The SMILES string of the molecule is Cc1ccc2c(n1)oc1c(-c3ccc4cc(-c5ccccc5)sc4n3)cccc12. The number of fused-ring (bicyclic) bond motifs is 4. The molecule has 29 heavy (non-hydrogen) atoms. The van der Waals surface area contributed by atoms with Crippen LogP contribution in [0.3, 0.4) is 0 Å². The number of hydrogen-bond donors (Lipinski definition) is 0. The fourth-order valence-electron chi connectivity index (χ4n) is 3.79. The van der Waals surface area contributed by atoms with Crippen molar-refractivity contribution < 1.29 is 4.42 Å². The molecule has 4 aromatic heterocycles. The van der Waals surface area contributed by atoms with Crippen molar-refractivity contribution >= 4 is 43.6 Å². The molecule has 4 heteroatoms. The maximum absolute atomic E-state index is 6.16. The van der Waals surface area contributed by atoms with Crippen LogP contribution in [0.2, 0.25) is 0 Å². The summed E-state index contributed by atoms with van der Waals surface area (Å²) in [6.07, 6.45) is 0. The summed E-state index contributed by atoms with van der Waals surface area (Å²) in [5, 5.41) is 3.27. The fourth-order valence-corrected chi connectivity index (χ4v) is 4.82. The number of thiophene rings is 1. The van der Waals surface area contributed by atoms with Gasteiger partial charge in [-0.3, -0.25) is 0 Å². The molecule has 4 heterocycles. The third-order valence-electron chi connectivity index (χ3n) is 5.22. The van der Waals surface area contributed by atoms with Crippen molar-refractivity contribution in [3.05, 3.63) is 84.6 Å². The predicted molar refractivity (Wildman–Crippen MR) is 120 cm³/mol. The second kappa shape index (κ2) is 6.26. The highest BCUT2D eigenvalue weighted by atomic mass is 32.1. The van der Waals surface area contributed by atoms with E-state index in [1.807, 2.05) is 19.1 Å². The Hall–Kier alpha value is -3.50. The Morgan fingerprint density at radius 3 is 2.59 bits per heavy atom. The molecule has 6 aromatic rings. The summed E-state index contributed by atoms with van der Waals surface area (Å²) in [5.74, 6) is 0. The van der Waals surface area contributed by atoms with Gasteiger partial charge in [0.25, 0.3) is 0 Å². The minimum absolute atomic E-state index is 0.677. The van der Waals surface area contributed by atoms with Crippen LogP contribution in [0.1, 0.15) is 5.69 Å². The molecule has 0 aliphatic carbocycles. The third kappa shape index (κ3) is 2.64. The molecule has 0 fully saturated rings. The number of para-hydroxylation sites is 1. The maximum atomic E-state index is 6.16. The molecule has 0 saturated heterocycles. The van der Waals surface area contributed by atoms with E-state index in [1.54, 1.807) is 11.3 Å². The lowest BCUT2D eigenvalue weighted by atomic mass is 10.1. The molecule has 0 spiro atoms. The number of aryl methyl sites for hydroxylation is 1. The predicted octanol–water partition coefficient (Wildman–Crippen LogP) is 7.23. The van der Waals surface area contributed by atoms with E-state index >= 15 is 0 Å². The van der Waals surface area contributed by atoms with Gasteiger partial charge >= 0.3 is 0 Å². The molecular formula is C25H16N2OS. The van der Waals surface area contributed by atoms with E-state index in [4.69, 9.17) is 9.40 Å². The zero-order valence-corrected chi connectivity index (χ0v) is 16.5. The molecule has 0 amide bonds. The second-order valence-corrected chi connectivity index (χ2v) is 8.19. The third-order valence-corrected chi connectivity index (χ3v) is 6.31. The van der Waals surface area contributed by atoms with Crippen molar-refractivity contribution in [2.75, 3.05) is 0 Å². The molecule has 3 nitrogen and oxygen atoms in total. The second-order valence-electron chi connectivity index (χ2n) is 7.16. The topological polar surface area (TPSA) is 38.9 Å². The minimum atomic E-state index is 0.677. The van der Waals surface area contributed by atoms with Crippen molar-refractivity contribution in [2.45, 2.75) is 6.92 Å². The summed E-state index contributed by atoms with van der Waals surface area (Å²) < 4.78 is 6.16. The number of rotatable bonds is 2. The van der Waals surface area contributed by atoms with E-state index in [-0.39, 0.29) is 0 Å². The highest BCUT2D eigenvalue weighted by Gasteiger charge is 2.15. The van der Waals surface area contributed by atoms with E-state index in [9.17, 15) is 0 Å². The van der Waals surface area contributed by atoms with Crippen LogP contribution < -0.4 is 0 Å². The summed E-state index contributed by atoms with van der Waals surface area (Å²) in [7, 11) is 0. The van der Waals surface area contributed by atoms with E-state index in [0.29, 0.717) is 5.71 Å². The lowest BCUT2D eigenvalue weighted by Crippen LogP contribution is -1.83. The molecular weight excluding hydrogens is 376 g/mol. The van der Waals surface area contributed by atoms with Crippen LogP contribution in [-0.2, 0) is 0 Å². The van der Waals surface area contributed by atoms with Gasteiger partial charge in [-0.25, -0.2) is 9.97 Å². The zero-order valence-electron chi connectivity index (χ0n) is 15.7. The lowest BCUT2D eigenvalue weighted by molar-refractivity contribution is 0.653. The molecule has 0 bridgehead atoms. The number of pyridine rings is 2. The molecule has 6 rings (SSSR count). The van der Waals surface area contributed by atoms with Crippen LogP contribution in [0, 0.1) is 6.92 Å². The minimum Gasteiger partial charge on any atom is -0.437 e. The van der Waals surface area contributed by atoms with Gasteiger partial charge in [0.2, 0.25) is 5.71 Å². The quantitative estimate of drug-likeness (QED) is 0.312. The number of nitrogens with zero attached hydrogens (tertiary/aromatic N) is 2. The molecule has 0 unspecified atom stereocenters. The van der Waals surface area contributed by atoms with Crippen molar-refractivity contribution in [3.63, 3.8) is 0 Å². The van der Waals surface area contributed by atoms with E-state index in [0.717, 1.165) is 43.5 Å². The first kappa shape index (κ1) is 16.5. The van der Waals surface area contributed by atoms with Gasteiger partial charge in [0, 0.05) is 32.3 Å². The van der Waals surface area contributed by atoms with Crippen LogP contribution in [0.15, 0.2) is 83.3 Å². The Labute approximate surface area is 171 Å². The highest BCUT2D eigenvalue weighted by molar-refractivity contribution is 7.21. The summed E-state index contributed by atoms with van der Waals surface area (Å²) in [4.78, 5) is 11.8. The normalized spacial score (nSPS) is 11.6. The Kier molecular flexibility index (Phi) is 3.55.